The van der Waals surface area contributed by atoms with Gasteiger partial charge in [-0.15, -0.1) is 0 Å². The molecule has 1 rings (SSSR count). The van der Waals surface area contributed by atoms with Gasteiger partial charge in [0.15, 0.2) is 0 Å². The largest absolute Gasteiger partial charge is 0.356 e. The average Bonchev–Trinajstić information content (AvgIpc) is 2.69. The number of carbonyl (C=O) groups excluding carboxylic acids is 1. The second-order valence-corrected chi connectivity index (χ2v) is 6.47. The predicted octanol–water partition coefficient (Wildman–Crippen LogP) is 2.17. The summed E-state index contributed by atoms with van der Waals surface area (Å²) in [5, 5.41) is 6.40. The molecule has 0 aromatic heterocycles. The highest BCUT2D eigenvalue weighted by Crippen LogP contribution is 2.27. The van der Waals surface area contributed by atoms with E-state index >= 15 is 0 Å². The van der Waals surface area contributed by atoms with Crippen LogP contribution in [0, 0.1) is 17.3 Å². The second kappa shape index (κ2) is 6.39. The van der Waals surface area contributed by atoms with Crippen molar-refractivity contribution in [2.75, 3.05) is 19.6 Å². The van der Waals surface area contributed by atoms with Gasteiger partial charge in [-0.1, -0.05) is 27.7 Å². The normalized spacial score (nSPS) is 22.5. The van der Waals surface area contributed by atoms with Gasteiger partial charge in [-0.3, -0.25) is 4.79 Å². The maximum atomic E-state index is 11.7. The lowest BCUT2D eigenvalue weighted by Crippen LogP contribution is -2.30. The predicted molar refractivity (Wildman–Crippen MR) is 71.8 cm³/mol. The number of amides is 1. The Balaban J connectivity index is 2.12. The lowest BCUT2D eigenvalue weighted by Gasteiger charge is -2.26. The molecule has 0 aliphatic carbocycles. The van der Waals surface area contributed by atoms with Gasteiger partial charge in [0.1, 0.15) is 0 Å². The summed E-state index contributed by atoms with van der Waals surface area (Å²) in [6.07, 6.45) is 3.02. The minimum absolute atomic E-state index is 0.207. The molecule has 1 fully saturated rings. The number of carbonyl (C=O) groups is 1. The average molecular weight is 240 g/mol. The number of nitrogens with one attached hydrogen (secondary N) is 2. The second-order valence-electron chi connectivity index (χ2n) is 6.47. The minimum atomic E-state index is 0.207. The Kier molecular flexibility index (Phi) is 5.44. The van der Waals surface area contributed by atoms with Gasteiger partial charge in [0, 0.05) is 13.0 Å². The molecule has 0 bridgehead atoms. The maximum Gasteiger partial charge on any atom is 0.220 e. The molecule has 0 aromatic rings. The van der Waals surface area contributed by atoms with Crippen LogP contribution in [0.1, 0.15) is 47.0 Å². The Morgan fingerprint density at radius 3 is 2.71 bits per heavy atom. The fraction of sp³-hybridized carbons (Fsp3) is 0.929. The van der Waals surface area contributed by atoms with Crippen LogP contribution in [0.25, 0.3) is 0 Å². The standard InChI is InChI=1S/C14H28N2O/c1-11(14(2,3)4)9-13(17)16-8-6-12-5-7-15-10-12/h11-12,15H,5-10H2,1-4H3,(H,16,17). The smallest absolute Gasteiger partial charge is 0.220 e. The zero-order valence-electron chi connectivity index (χ0n) is 11.8. The van der Waals surface area contributed by atoms with Crippen LogP contribution in [0.3, 0.4) is 0 Å². The SMILES string of the molecule is CC(CC(=O)NCCC1CCNC1)C(C)(C)C. The van der Waals surface area contributed by atoms with Gasteiger partial charge in [0.25, 0.3) is 0 Å². The first-order valence-corrected chi connectivity index (χ1v) is 6.87. The van der Waals surface area contributed by atoms with Gasteiger partial charge in [-0.2, -0.15) is 0 Å². The van der Waals surface area contributed by atoms with Crippen molar-refractivity contribution in [1.82, 2.24) is 10.6 Å². The topological polar surface area (TPSA) is 41.1 Å². The molecule has 1 aliphatic heterocycles. The molecule has 0 saturated carbocycles. The number of hydrogen-bond acceptors (Lipinski definition) is 2. The lowest BCUT2D eigenvalue weighted by molar-refractivity contribution is -0.122. The van der Waals surface area contributed by atoms with E-state index in [9.17, 15) is 4.79 Å². The molecule has 1 heterocycles. The van der Waals surface area contributed by atoms with Gasteiger partial charge >= 0.3 is 0 Å². The monoisotopic (exact) mass is 240 g/mol. The van der Waals surface area contributed by atoms with E-state index in [4.69, 9.17) is 0 Å². The summed E-state index contributed by atoms with van der Waals surface area (Å²) in [5.41, 5.74) is 0.215. The Bertz CT molecular complexity index is 239. The van der Waals surface area contributed by atoms with Crippen LogP contribution in [0.15, 0.2) is 0 Å². The Labute approximate surface area is 106 Å². The molecule has 2 N–H and O–H groups in total. The Morgan fingerprint density at radius 1 is 1.47 bits per heavy atom. The van der Waals surface area contributed by atoms with Crippen LogP contribution in [0.4, 0.5) is 0 Å². The fourth-order valence-electron chi connectivity index (χ4n) is 2.03. The molecule has 3 nitrogen and oxygen atoms in total. The molecule has 0 aromatic carbocycles. The maximum absolute atomic E-state index is 11.7. The van der Waals surface area contributed by atoms with Crippen LogP contribution in [-0.2, 0) is 4.79 Å². The molecule has 1 aliphatic rings. The van der Waals surface area contributed by atoms with Crippen molar-refractivity contribution in [3.8, 4) is 0 Å². The van der Waals surface area contributed by atoms with E-state index in [-0.39, 0.29) is 11.3 Å². The molecule has 3 heteroatoms. The highest BCUT2D eigenvalue weighted by molar-refractivity contribution is 5.76. The summed E-state index contributed by atoms with van der Waals surface area (Å²) >= 11 is 0. The van der Waals surface area contributed by atoms with Crippen molar-refractivity contribution in [3.05, 3.63) is 0 Å². The third-order valence-electron chi connectivity index (χ3n) is 4.01. The van der Waals surface area contributed by atoms with Gasteiger partial charge in [0.2, 0.25) is 5.91 Å². The minimum Gasteiger partial charge on any atom is -0.356 e. The molecule has 17 heavy (non-hydrogen) atoms. The third-order valence-corrected chi connectivity index (χ3v) is 4.01. The van der Waals surface area contributed by atoms with Gasteiger partial charge in [0.05, 0.1) is 0 Å². The summed E-state index contributed by atoms with van der Waals surface area (Å²) in [4.78, 5) is 11.7. The molecule has 1 saturated heterocycles. The van der Waals surface area contributed by atoms with Crippen LogP contribution >= 0.6 is 0 Å². The van der Waals surface area contributed by atoms with Crippen molar-refractivity contribution in [3.63, 3.8) is 0 Å². The molecule has 2 unspecified atom stereocenters. The first-order valence-electron chi connectivity index (χ1n) is 6.87. The Hall–Kier alpha value is -0.570. The molecule has 2 atom stereocenters. The Morgan fingerprint density at radius 2 is 2.18 bits per heavy atom. The summed E-state index contributed by atoms with van der Waals surface area (Å²) in [7, 11) is 0. The molecule has 1 amide bonds. The molecule has 100 valence electrons. The summed E-state index contributed by atoms with van der Waals surface area (Å²) in [6, 6.07) is 0. The first kappa shape index (κ1) is 14.5. The van der Waals surface area contributed by atoms with Crippen LogP contribution in [0.5, 0.6) is 0 Å². The van der Waals surface area contributed by atoms with E-state index in [0.29, 0.717) is 12.3 Å². The van der Waals surface area contributed by atoms with Crippen LogP contribution < -0.4 is 10.6 Å². The third kappa shape index (κ3) is 5.53. The highest BCUT2D eigenvalue weighted by Gasteiger charge is 2.22. The van der Waals surface area contributed by atoms with Gasteiger partial charge in [-0.05, 0) is 43.2 Å². The van der Waals surface area contributed by atoms with E-state index in [1.54, 1.807) is 0 Å². The number of hydrogen-bond donors (Lipinski definition) is 2. The highest BCUT2D eigenvalue weighted by atomic mass is 16.1. The fourth-order valence-corrected chi connectivity index (χ4v) is 2.03. The van der Waals surface area contributed by atoms with Crippen molar-refractivity contribution in [2.45, 2.75) is 47.0 Å². The summed E-state index contributed by atoms with van der Waals surface area (Å²) in [5.74, 6) is 1.39. The van der Waals surface area contributed by atoms with Crippen molar-refractivity contribution in [2.24, 2.45) is 17.3 Å². The van der Waals surface area contributed by atoms with Gasteiger partial charge < -0.3 is 10.6 Å². The lowest BCUT2D eigenvalue weighted by atomic mass is 9.80. The summed E-state index contributed by atoms with van der Waals surface area (Å²) in [6.45, 7) is 11.8. The molecular weight excluding hydrogens is 212 g/mol. The van der Waals surface area contributed by atoms with Crippen molar-refractivity contribution in [1.29, 1.82) is 0 Å². The number of rotatable bonds is 5. The first-order chi connectivity index (χ1) is 7.89. The van der Waals surface area contributed by atoms with Crippen molar-refractivity contribution < 1.29 is 4.79 Å². The van der Waals surface area contributed by atoms with E-state index in [2.05, 4.69) is 38.3 Å². The zero-order chi connectivity index (χ0) is 12.9. The quantitative estimate of drug-likeness (QED) is 0.773. The van der Waals surface area contributed by atoms with Crippen LogP contribution in [0.2, 0.25) is 0 Å². The molecular formula is C14H28N2O. The van der Waals surface area contributed by atoms with E-state index in [1.807, 2.05) is 0 Å². The zero-order valence-corrected chi connectivity index (χ0v) is 11.8. The van der Waals surface area contributed by atoms with E-state index in [1.165, 1.54) is 6.42 Å². The molecule has 0 radical (unpaired) electrons. The van der Waals surface area contributed by atoms with Crippen molar-refractivity contribution >= 4 is 5.91 Å². The van der Waals surface area contributed by atoms with Crippen LogP contribution in [-0.4, -0.2) is 25.5 Å². The van der Waals surface area contributed by atoms with E-state index in [0.717, 1.165) is 32.0 Å². The molecule has 0 spiro atoms. The van der Waals surface area contributed by atoms with Gasteiger partial charge in [-0.25, -0.2) is 0 Å². The van der Waals surface area contributed by atoms with E-state index < -0.39 is 0 Å². The summed E-state index contributed by atoms with van der Waals surface area (Å²) < 4.78 is 0.